The van der Waals surface area contributed by atoms with Crippen molar-refractivity contribution < 1.29 is 14.3 Å². The topological polar surface area (TPSA) is 50.8 Å². The van der Waals surface area contributed by atoms with Gasteiger partial charge in [-0.3, -0.25) is 0 Å². The Bertz CT molecular complexity index is 543. The molecular formula is C19H30N2O3. The second-order valence-electron chi connectivity index (χ2n) is 6.33. The van der Waals surface area contributed by atoms with Gasteiger partial charge in [0.05, 0.1) is 20.3 Å². The average Bonchev–Trinajstić information content (AvgIpc) is 3.11. The first kappa shape index (κ1) is 18.4. The number of amides is 2. The van der Waals surface area contributed by atoms with Gasteiger partial charge in [0.2, 0.25) is 0 Å². The molecule has 0 aliphatic carbocycles. The summed E-state index contributed by atoms with van der Waals surface area (Å²) < 4.78 is 10.8. The number of urea groups is 1. The van der Waals surface area contributed by atoms with Crippen molar-refractivity contribution in [1.29, 1.82) is 0 Å². The van der Waals surface area contributed by atoms with Gasteiger partial charge in [0.15, 0.2) is 0 Å². The molecule has 0 spiro atoms. The van der Waals surface area contributed by atoms with Gasteiger partial charge in [0.1, 0.15) is 11.5 Å². The monoisotopic (exact) mass is 334 g/mol. The van der Waals surface area contributed by atoms with Gasteiger partial charge in [-0.05, 0) is 37.0 Å². The Morgan fingerprint density at radius 1 is 1.29 bits per heavy atom. The van der Waals surface area contributed by atoms with Gasteiger partial charge < -0.3 is 19.7 Å². The second kappa shape index (κ2) is 8.81. The van der Waals surface area contributed by atoms with Crippen LogP contribution in [0.5, 0.6) is 11.5 Å². The molecule has 2 rings (SSSR count). The van der Waals surface area contributed by atoms with Crippen molar-refractivity contribution in [3.05, 3.63) is 23.8 Å². The molecule has 1 aliphatic heterocycles. The van der Waals surface area contributed by atoms with Gasteiger partial charge >= 0.3 is 6.03 Å². The van der Waals surface area contributed by atoms with Crippen molar-refractivity contribution >= 4 is 6.03 Å². The quantitative estimate of drug-likeness (QED) is 0.820. The predicted molar refractivity (Wildman–Crippen MR) is 95.7 cm³/mol. The summed E-state index contributed by atoms with van der Waals surface area (Å²) in [5.41, 5.74) is 1.02. The van der Waals surface area contributed by atoms with Gasteiger partial charge in [0, 0.05) is 18.7 Å². The third-order valence-electron chi connectivity index (χ3n) is 5.01. The number of nitrogens with one attached hydrogen (secondary N) is 1. The number of hydrogen-bond acceptors (Lipinski definition) is 3. The van der Waals surface area contributed by atoms with E-state index in [1.54, 1.807) is 14.2 Å². The van der Waals surface area contributed by atoms with E-state index in [0.717, 1.165) is 55.8 Å². The predicted octanol–water partition coefficient (Wildman–Crippen LogP) is 3.99. The summed E-state index contributed by atoms with van der Waals surface area (Å²) in [6.07, 6.45) is 4.12. The fourth-order valence-electron chi connectivity index (χ4n) is 3.34. The van der Waals surface area contributed by atoms with Crippen LogP contribution in [0.4, 0.5) is 4.79 Å². The van der Waals surface area contributed by atoms with Crippen molar-refractivity contribution in [3.63, 3.8) is 0 Å². The molecule has 1 atom stereocenters. The van der Waals surface area contributed by atoms with Crippen molar-refractivity contribution in [1.82, 2.24) is 10.2 Å². The fraction of sp³-hybridized carbons (Fsp3) is 0.632. The number of rotatable bonds is 7. The van der Waals surface area contributed by atoms with Crippen LogP contribution < -0.4 is 14.8 Å². The van der Waals surface area contributed by atoms with Crippen LogP contribution in [0.25, 0.3) is 0 Å². The molecule has 1 saturated heterocycles. The lowest BCUT2D eigenvalue weighted by molar-refractivity contribution is 0.189. The molecule has 1 aromatic carbocycles. The Balaban J connectivity index is 2.14. The Labute approximate surface area is 145 Å². The van der Waals surface area contributed by atoms with Crippen LogP contribution in [0.3, 0.4) is 0 Å². The minimum absolute atomic E-state index is 0.0225. The van der Waals surface area contributed by atoms with E-state index in [0.29, 0.717) is 5.92 Å². The zero-order valence-corrected chi connectivity index (χ0v) is 15.3. The second-order valence-corrected chi connectivity index (χ2v) is 6.33. The first-order valence-corrected chi connectivity index (χ1v) is 8.90. The van der Waals surface area contributed by atoms with Crippen LogP contribution in [0.2, 0.25) is 0 Å². The highest BCUT2D eigenvalue weighted by Crippen LogP contribution is 2.38. The lowest BCUT2D eigenvalue weighted by Crippen LogP contribution is -2.41. The molecule has 2 amide bonds. The number of likely N-dealkylation sites (tertiary alicyclic amines) is 1. The van der Waals surface area contributed by atoms with Gasteiger partial charge in [-0.1, -0.05) is 26.7 Å². The van der Waals surface area contributed by atoms with E-state index in [-0.39, 0.29) is 12.1 Å². The molecule has 1 aliphatic rings. The SMILES string of the molecule is CCC(CC)CNC(=O)N1CCCC1c1cc(OC)ccc1OC. The Kier molecular flexibility index (Phi) is 6.76. The summed E-state index contributed by atoms with van der Waals surface area (Å²) in [6.45, 7) is 5.85. The molecule has 1 N–H and O–H groups in total. The van der Waals surface area contributed by atoms with E-state index in [1.165, 1.54) is 0 Å². The number of hydrogen-bond donors (Lipinski definition) is 1. The number of ether oxygens (including phenoxy) is 2. The van der Waals surface area contributed by atoms with Crippen molar-refractivity contribution in [2.45, 2.75) is 45.6 Å². The molecule has 24 heavy (non-hydrogen) atoms. The number of methoxy groups -OCH3 is 2. The van der Waals surface area contributed by atoms with Crippen LogP contribution in [-0.4, -0.2) is 38.2 Å². The highest BCUT2D eigenvalue weighted by molar-refractivity contribution is 5.75. The molecule has 0 aromatic heterocycles. The molecule has 0 bridgehead atoms. The average molecular weight is 334 g/mol. The highest BCUT2D eigenvalue weighted by Gasteiger charge is 2.32. The molecule has 5 nitrogen and oxygen atoms in total. The van der Waals surface area contributed by atoms with Crippen molar-refractivity contribution in [3.8, 4) is 11.5 Å². The summed E-state index contributed by atoms with van der Waals surface area (Å²) in [7, 11) is 3.32. The van der Waals surface area contributed by atoms with E-state index in [1.807, 2.05) is 23.1 Å². The van der Waals surface area contributed by atoms with Gasteiger partial charge in [-0.25, -0.2) is 4.79 Å². The normalized spacial score (nSPS) is 17.2. The van der Waals surface area contributed by atoms with E-state index < -0.39 is 0 Å². The van der Waals surface area contributed by atoms with Gasteiger partial charge in [-0.2, -0.15) is 0 Å². The minimum atomic E-state index is 0.0225. The molecule has 1 heterocycles. The zero-order chi connectivity index (χ0) is 17.5. The third kappa shape index (κ3) is 4.13. The maximum absolute atomic E-state index is 12.7. The fourth-order valence-corrected chi connectivity index (χ4v) is 3.34. The van der Waals surface area contributed by atoms with Crippen molar-refractivity contribution in [2.75, 3.05) is 27.3 Å². The Morgan fingerprint density at radius 3 is 2.67 bits per heavy atom. The molecule has 0 saturated carbocycles. The largest absolute Gasteiger partial charge is 0.497 e. The third-order valence-corrected chi connectivity index (χ3v) is 5.01. The zero-order valence-electron chi connectivity index (χ0n) is 15.3. The van der Waals surface area contributed by atoms with Crippen LogP contribution >= 0.6 is 0 Å². The maximum Gasteiger partial charge on any atom is 0.317 e. The van der Waals surface area contributed by atoms with Crippen LogP contribution in [0.15, 0.2) is 18.2 Å². The van der Waals surface area contributed by atoms with E-state index in [4.69, 9.17) is 9.47 Å². The highest BCUT2D eigenvalue weighted by atomic mass is 16.5. The van der Waals surface area contributed by atoms with E-state index >= 15 is 0 Å². The lowest BCUT2D eigenvalue weighted by Gasteiger charge is -2.27. The molecule has 0 radical (unpaired) electrons. The van der Waals surface area contributed by atoms with Crippen LogP contribution in [-0.2, 0) is 0 Å². The first-order valence-electron chi connectivity index (χ1n) is 8.90. The number of carbonyl (C=O) groups excluding carboxylic acids is 1. The van der Waals surface area contributed by atoms with E-state index in [2.05, 4.69) is 19.2 Å². The Hall–Kier alpha value is -1.91. The van der Waals surface area contributed by atoms with E-state index in [9.17, 15) is 4.79 Å². The summed E-state index contributed by atoms with van der Waals surface area (Å²) in [4.78, 5) is 14.6. The maximum atomic E-state index is 12.7. The smallest absolute Gasteiger partial charge is 0.317 e. The molecule has 134 valence electrons. The number of nitrogens with zero attached hydrogens (tertiary/aromatic N) is 1. The standard InChI is InChI=1S/C19H30N2O3/c1-5-14(6-2)13-20-19(22)21-11-7-8-17(21)16-12-15(23-3)9-10-18(16)24-4/h9-10,12,14,17H,5-8,11,13H2,1-4H3,(H,20,22). The van der Waals surface area contributed by atoms with Crippen LogP contribution in [0, 0.1) is 5.92 Å². The lowest BCUT2D eigenvalue weighted by atomic mass is 10.0. The molecule has 1 unspecified atom stereocenters. The summed E-state index contributed by atoms with van der Waals surface area (Å²) in [6, 6.07) is 5.84. The van der Waals surface area contributed by atoms with Gasteiger partial charge in [0.25, 0.3) is 0 Å². The molecule has 5 heteroatoms. The number of carbonyl (C=O) groups is 1. The molecular weight excluding hydrogens is 304 g/mol. The van der Waals surface area contributed by atoms with Crippen molar-refractivity contribution in [2.24, 2.45) is 5.92 Å². The molecule has 1 fully saturated rings. The van der Waals surface area contributed by atoms with Crippen LogP contribution in [0.1, 0.15) is 51.1 Å². The summed E-state index contributed by atoms with van der Waals surface area (Å²) >= 11 is 0. The first-order chi connectivity index (χ1) is 11.6. The molecule has 1 aromatic rings. The Morgan fingerprint density at radius 2 is 2.04 bits per heavy atom. The number of benzene rings is 1. The summed E-state index contributed by atoms with van der Waals surface area (Å²) in [5, 5.41) is 3.11. The summed E-state index contributed by atoms with van der Waals surface area (Å²) in [5.74, 6) is 2.14. The minimum Gasteiger partial charge on any atom is -0.497 e. The van der Waals surface area contributed by atoms with Gasteiger partial charge in [-0.15, -0.1) is 0 Å².